The highest BCUT2D eigenvalue weighted by Crippen LogP contribution is 2.33. The molecule has 9 nitrogen and oxygen atoms in total. The van der Waals surface area contributed by atoms with Gasteiger partial charge in [0.1, 0.15) is 29.9 Å². The second kappa shape index (κ2) is 16.1. The number of benzene rings is 4. The normalized spacial score (nSPS) is 11.9. The molecule has 0 saturated heterocycles. The zero-order valence-electron chi connectivity index (χ0n) is 26.9. The van der Waals surface area contributed by atoms with Gasteiger partial charge in [-0.2, -0.15) is 0 Å². The minimum Gasteiger partial charge on any atom is -0.497 e. The van der Waals surface area contributed by atoms with E-state index in [2.05, 4.69) is 5.32 Å². The van der Waals surface area contributed by atoms with Crippen molar-refractivity contribution in [2.45, 2.75) is 37.8 Å². The Hall–Kier alpha value is -4.90. The van der Waals surface area contributed by atoms with Crippen molar-refractivity contribution in [3.63, 3.8) is 0 Å². The van der Waals surface area contributed by atoms with Crippen LogP contribution in [0.25, 0.3) is 0 Å². The minimum absolute atomic E-state index is 0.0717. The lowest BCUT2D eigenvalue weighted by Crippen LogP contribution is -2.53. The van der Waals surface area contributed by atoms with Crippen LogP contribution in [0.4, 0.5) is 10.1 Å². The Kier molecular flexibility index (Phi) is 12.0. The van der Waals surface area contributed by atoms with Crippen LogP contribution in [0.15, 0.2) is 108 Å². The van der Waals surface area contributed by atoms with Crippen LogP contribution in [-0.4, -0.2) is 58.5 Å². The highest BCUT2D eigenvalue weighted by molar-refractivity contribution is 7.92. The van der Waals surface area contributed by atoms with Crippen molar-refractivity contribution in [1.82, 2.24) is 10.2 Å². The highest BCUT2D eigenvalue weighted by Gasteiger charge is 2.35. The second-order valence-electron chi connectivity index (χ2n) is 11.4. The Labute approximate surface area is 276 Å². The largest absolute Gasteiger partial charge is 0.497 e. The van der Waals surface area contributed by atoms with Crippen LogP contribution in [0.2, 0.25) is 0 Å². The molecule has 4 aromatic rings. The van der Waals surface area contributed by atoms with E-state index in [9.17, 15) is 22.4 Å². The first-order valence-corrected chi connectivity index (χ1v) is 16.6. The Morgan fingerprint density at radius 1 is 0.809 bits per heavy atom. The molecule has 0 aliphatic heterocycles. The fourth-order valence-electron chi connectivity index (χ4n) is 4.99. The standard InChI is InChI=1S/C36H40FN3O6S/c1-26(2)23-38-36(42)33(22-27-10-6-5-7-11-27)39(24-28-14-16-29(37)17-15-28)35(41)25-40(32-12-8-9-13-34(32)46-4)47(43,44)31-20-18-30(45-3)19-21-31/h5-21,26,33H,22-25H2,1-4H3,(H,38,42)/t33-/m0/s1. The van der Waals surface area contributed by atoms with Crippen LogP contribution < -0.4 is 19.1 Å². The molecular formula is C36H40FN3O6S. The number of rotatable bonds is 15. The van der Waals surface area contributed by atoms with Gasteiger partial charge in [0.25, 0.3) is 10.0 Å². The Balaban J connectivity index is 1.82. The Bertz CT molecular complexity index is 1730. The maximum atomic E-state index is 14.6. The van der Waals surface area contributed by atoms with Crippen molar-refractivity contribution in [3.8, 4) is 11.5 Å². The van der Waals surface area contributed by atoms with Crippen molar-refractivity contribution in [2.24, 2.45) is 5.92 Å². The molecule has 0 spiro atoms. The SMILES string of the molecule is COc1ccc(S(=O)(=O)N(CC(=O)N(Cc2ccc(F)cc2)[C@@H](Cc2ccccc2)C(=O)NCC(C)C)c2ccccc2OC)cc1. The molecule has 0 saturated carbocycles. The number of anilines is 1. The maximum absolute atomic E-state index is 14.6. The predicted molar refractivity (Wildman–Crippen MR) is 179 cm³/mol. The first-order chi connectivity index (χ1) is 22.5. The van der Waals surface area contributed by atoms with E-state index in [4.69, 9.17) is 9.47 Å². The van der Waals surface area contributed by atoms with Crippen molar-refractivity contribution >= 4 is 27.5 Å². The molecule has 2 amide bonds. The molecule has 0 radical (unpaired) electrons. The van der Waals surface area contributed by atoms with Gasteiger partial charge < -0.3 is 19.7 Å². The number of hydrogen-bond acceptors (Lipinski definition) is 6. The summed E-state index contributed by atoms with van der Waals surface area (Å²) in [6, 6.07) is 26.2. The molecule has 248 valence electrons. The van der Waals surface area contributed by atoms with E-state index < -0.39 is 34.3 Å². The lowest BCUT2D eigenvalue weighted by atomic mass is 10.0. The number of halogens is 1. The number of ether oxygens (including phenoxy) is 2. The predicted octanol–water partition coefficient (Wildman–Crippen LogP) is 5.45. The van der Waals surface area contributed by atoms with E-state index in [0.29, 0.717) is 17.9 Å². The highest BCUT2D eigenvalue weighted by atomic mass is 32.2. The fraction of sp³-hybridized carbons (Fsp3) is 0.278. The topological polar surface area (TPSA) is 105 Å². The summed E-state index contributed by atoms with van der Waals surface area (Å²) in [5, 5.41) is 2.95. The van der Waals surface area contributed by atoms with E-state index in [1.165, 1.54) is 67.7 Å². The van der Waals surface area contributed by atoms with E-state index in [1.54, 1.807) is 24.3 Å². The van der Waals surface area contributed by atoms with E-state index in [-0.39, 0.29) is 41.1 Å². The minimum atomic E-state index is -4.34. The number of hydrogen-bond donors (Lipinski definition) is 1. The van der Waals surface area contributed by atoms with Gasteiger partial charge in [0.15, 0.2) is 0 Å². The summed E-state index contributed by atoms with van der Waals surface area (Å²) >= 11 is 0. The van der Waals surface area contributed by atoms with Gasteiger partial charge in [0.05, 0.1) is 24.8 Å². The zero-order chi connectivity index (χ0) is 34.0. The number of methoxy groups -OCH3 is 2. The third-order valence-corrected chi connectivity index (χ3v) is 9.28. The summed E-state index contributed by atoms with van der Waals surface area (Å²) in [5.74, 6) is -0.635. The van der Waals surface area contributed by atoms with E-state index >= 15 is 0 Å². The van der Waals surface area contributed by atoms with Crippen molar-refractivity contribution in [1.29, 1.82) is 0 Å². The quantitative estimate of drug-likeness (QED) is 0.182. The first kappa shape index (κ1) is 35.0. The molecule has 1 atom stereocenters. The second-order valence-corrected chi connectivity index (χ2v) is 13.2. The van der Waals surface area contributed by atoms with Crippen molar-refractivity contribution in [2.75, 3.05) is 31.6 Å². The molecule has 4 aromatic carbocycles. The summed E-state index contributed by atoms with van der Waals surface area (Å²) in [6.45, 7) is 3.57. The van der Waals surface area contributed by atoms with Gasteiger partial charge in [-0.05, 0) is 65.6 Å². The fourth-order valence-corrected chi connectivity index (χ4v) is 6.41. The first-order valence-electron chi connectivity index (χ1n) is 15.2. The molecule has 4 rings (SSSR count). The lowest BCUT2D eigenvalue weighted by Gasteiger charge is -2.34. The average molecular weight is 662 g/mol. The number of carbonyl (C=O) groups excluding carboxylic acids is 2. The summed E-state index contributed by atoms with van der Waals surface area (Å²) in [4.78, 5) is 29.7. The maximum Gasteiger partial charge on any atom is 0.264 e. The van der Waals surface area contributed by atoms with Gasteiger partial charge >= 0.3 is 0 Å². The third-order valence-electron chi connectivity index (χ3n) is 7.50. The summed E-state index contributed by atoms with van der Waals surface area (Å²) in [6.07, 6.45) is 0.164. The lowest BCUT2D eigenvalue weighted by molar-refractivity contribution is -0.140. The molecule has 1 N–H and O–H groups in total. The molecule has 0 bridgehead atoms. The average Bonchev–Trinajstić information content (AvgIpc) is 3.08. The molecule has 0 aliphatic carbocycles. The third kappa shape index (κ3) is 9.10. The summed E-state index contributed by atoms with van der Waals surface area (Å²) in [7, 11) is -1.46. The number of amides is 2. The molecule has 11 heteroatoms. The van der Waals surface area contributed by atoms with Crippen LogP contribution in [-0.2, 0) is 32.6 Å². The van der Waals surface area contributed by atoms with E-state index in [0.717, 1.165) is 9.87 Å². The van der Waals surface area contributed by atoms with Crippen molar-refractivity contribution < 1.29 is 31.9 Å². The van der Waals surface area contributed by atoms with Gasteiger partial charge in [-0.25, -0.2) is 12.8 Å². The number of nitrogens with zero attached hydrogens (tertiary/aromatic N) is 2. The van der Waals surface area contributed by atoms with Crippen LogP contribution in [0.5, 0.6) is 11.5 Å². The summed E-state index contributed by atoms with van der Waals surface area (Å²) in [5.41, 5.74) is 1.52. The van der Waals surface area contributed by atoms with Crippen LogP contribution in [0.3, 0.4) is 0 Å². The molecule has 0 aromatic heterocycles. The van der Waals surface area contributed by atoms with Crippen molar-refractivity contribution in [3.05, 3.63) is 120 Å². The monoisotopic (exact) mass is 661 g/mol. The van der Waals surface area contributed by atoms with Gasteiger partial charge in [-0.3, -0.25) is 13.9 Å². The molecule has 0 unspecified atom stereocenters. The number of nitrogens with one attached hydrogen (secondary N) is 1. The number of carbonyl (C=O) groups is 2. The van der Waals surface area contributed by atoms with Crippen LogP contribution in [0, 0.1) is 11.7 Å². The number of para-hydroxylation sites is 2. The molecular weight excluding hydrogens is 621 g/mol. The van der Waals surface area contributed by atoms with Gasteiger partial charge in [-0.15, -0.1) is 0 Å². The zero-order valence-corrected chi connectivity index (χ0v) is 27.7. The number of sulfonamides is 1. The Morgan fingerprint density at radius 2 is 1.45 bits per heavy atom. The molecule has 47 heavy (non-hydrogen) atoms. The van der Waals surface area contributed by atoms with Crippen LogP contribution in [0.1, 0.15) is 25.0 Å². The van der Waals surface area contributed by atoms with Gasteiger partial charge in [-0.1, -0.05) is 68.4 Å². The molecule has 0 fully saturated rings. The smallest absolute Gasteiger partial charge is 0.264 e. The molecule has 0 heterocycles. The van der Waals surface area contributed by atoms with E-state index in [1.807, 2.05) is 44.2 Å². The van der Waals surface area contributed by atoms with Crippen LogP contribution >= 0.6 is 0 Å². The molecule has 0 aliphatic rings. The van der Waals surface area contributed by atoms with Gasteiger partial charge in [0, 0.05) is 19.5 Å². The summed E-state index contributed by atoms with van der Waals surface area (Å²) < 4.78 is 54.1. The van der Waals surface area contributed by atoms with Gasteiger partial charge in [0.2, 0.25) is 11.8 Å². The Morgan fingerprint density at radius 3 is 2.06 bits per heavy atom.